The first kappa shape index (κ1) is 18.7. The monoisotopic (exact) mass is 381 g/mol. The van der Waals surface area contributed by atoms with Crippen LogP contribution in [-0.2, 0) is 11.3 Å². The van der Waals surface area contributed by atoms with Gasteiger partial charge < -0.3 is 15.2 Å². The topological polar surface area (TPSA) is 41.5 Å². The van der Waals surface area contributed by atoms with Gasteiger partial charge in [0.2, 0.25) is 0 Å². The molecule has 0 unspecified atom stereocenters. The third-order valence-corrected chi connectivity index (χ3v) is 5.63. The van der Waals surface area contributed by atoms with Crippen molar-refractivity contribution >= 4 is 23.4 Å². The van der Waals surface area contributed by atoms with Gasteiger partial charge in [-0.3, -0.25) is 0 Å². The average Bonchev–Trinajstić information content (AvgIpc) is 2.61. The maximum absolute atomic E-state index is 13.5. The number of hydrogen-bond donors (Lipinski definition) is 2. The Hall–Kier alpha value is -1.11. The molecule has 2 N–H and O–H groups in total. The van der Waals surface area contributed by atoms with Crippen molar-refractivity contribution in [2.45, 2.75) is 30.1 Å². The van der Waals surface area contributed by atoms with Crippen LogP contribution in [0, 0.1) is 5.82 Å². The van der Waals surface area contributed by atoms with E-state index in [4.69, 9.17) is 16.3 Å². The van der Waals surface area contributed by atoms with E-state index in [2.05, 4.69) is 5.32 Å². The lowest BCUT2D eigenvalue weighted by atomic mass is 10.0. The van der Waals surface area contributed by atoms with Crippen LogP contribution in [-0.4, -0.2) is 30.1 Å². The number of fused-ring (bicyclic) bond motifs is 1. The normalized spacial score (nSPS) is 18.0. The standard InChI is InChI=1S/C19H21ClFNO2S/c20-17-4-2-1-3-13(17)11-24-12-15(23)10-22-18-7-8-25-19-6-5-14(21)9-16(18)19/h1-6,9,15,18,22-23H,7-8,10-12H2/t15-,18-/m1/s1. The van der Waals surface area contributed by atoms with Gasteiger partial charge in [-0.25, -0.2) is 4.39 Å². The zero-order valence-electron chi connectivity index (χ0n) is 13.8. The van der Waals surface area contributed by atoms with Crippen molar-refractivity contribution in [1.82, 2.24) is 5.32 Å². The van der Waals surface area contributed by atoms with E-state index in [9.17, 15) is 9.50 Å². The summed E-state index contributed by atoms with van der Waals surface area (Å²) >= 11 is 7.82. The minimum atomic E-state index is -0.630. The molecule has 0 aromatic heterocycles. The van der Waals surface area contributed by atoms with Gasteiger partial charge in [-0.05, 0) is 47.6 Å². The van der Waals surface area contributed by atoms with E-state index in [1.807, 2.05) is 30.3 Å². The van der Waals surface area contributed by atoms with Crippen LogP contribution in [0.5, 0.6) is 0 Å². The van der Waals surface area contributed by atoms with Crippen molar-refractivity contribution in [3.05, 3.63) is 64.4 Å². The molecule has 3 rings (SSSR count). The van der Waals surface area contributed by atoms with Crippen molar-refractivity contribution in [2.75, 3.05) is 18.9 Å². The molecule has 0 aliphatic carbocycles. The Morgan fingerprint density at radius 3 is 3.00 bits per heavy atom. The van der Waals surface area contributed by atoms with E-state index in [1.54, 1.807) is 17.8 Å². The van der Waals surface area contributed by atoms with Crippen LogP contribution in [0.1, 0.15) is 23.6 Å². The highest BCUT2D eigenvalue weighted by Gasteiger charge is 2.21. The molecular weight excluding hydrogens is 361 g/mol. The predicted octanol–water partition coefficient (Wildman–Crippen LogP) is 4.18. The van der Waals surface area contributed by atoms with Crippen LogP contribution >= 0.6 is 23.4 Å². The fourth-order valence-electron chi connectivity index (χ4n) is 2.83. The van der Waals surface area contributed by atoms with Crippen LogP contribution in [0.2, 0.25) is 5.02 Å². The molecule has 25 heavy (non-hydrogen) atoms. The van der Waals surface area contributed by atoms with Crippen LogP contribution in [0.4, 0.5) is 4.39 Å². The maximum atomic E-state index is 13.5. The quantitative estimate of drug-likeness (QED) is 0.754. The second-order valence-electron chi connectivity index (χ2n) is 6.04. The van der Waals surface area contributed by atoms with Gasteiger partial charge in [0.25, 0.3) is 0 Å². The number of rotatable bonds is 7. The van der Waals surface area contributed by atoms with E-state index < -0.39 is 6.10 Å². The molecular formula is C19H21ClFNO2S. The minimum absolute atomic E-state index is 0.0603. The van der Waals surface area contributed by atoms with E-state index in [0.29, 0.717) is 18.2 Å². The molecule has 0 saturated heterocycles. The van der Waals surface area contributed by atoms with E-state index in [0.717, 1.165) is 28.2 Å². The molecule has 0 amide bonds. The molecule has 0 bridgehead atoms. The highest BCUT2D eigenvalue weighted by Crippen LogP contribution is 2.36. The summed E-state index contributed by atoms with van der Waals surface area (Å²) < 4.78 is 19.1. The fourth-order valence-corrected chi connectivity index (χ4v) is 4.13. The van der Waals surface area contributed by atoms with E-state index >= 15 is 0 Å². The van der Waals surface area contributed by atoms with Gasteiger partial charge in [0.15, 0.2) is 0 Å². The molecule has 6 heteroatoms. The number of benzene rings is 2. The Morgan fingerprint density at radius 1 is 1.32 bits per heavy atom. The van der Waals surface area contributed by atoms with Gasteiger partial charge >= 0.3 is 0 Å². The number of ether oxygens (including phenoxy) is 1. The van der Waals surface area contributed by atoms with Crippen LogP contribution in [0.3, 0.4) is 0 Å². The van der Waals surface area contributed by atoms with Gasteiger partial charge in [-0.2, -0.15) is 0 Å². The molecule has 2 aromatic carbocycles. The van der Waals surface area contributed by atoms with Crippen molar-refractivity contribution in [2.24, 2.45) is 0 Å². The summed E-state index contributed by atoms with van der Waals surface area (Å²) in [6, 6.07) is 12.4. The number of hydrogen-bond acceptors (Lipinski definition) is 4. The Labute approximate surface area is 156 Å². The Morgan fingerprint density at radius 2 is 2.16 bits per heavy atom. The summed E-state index contributed by atoms with van der Waals surface area (Å²) in [5.74, 6) is 0.756. The van der Waals surface area contributed by atoms with Gasteiger partial charge in [0, 0.05) is 22.5 Å². The number of thioether (sulfide) groups is 1. The predicted molar refractivity (Wildman–Crippen MR) is 99.6 cm³/mol. The highest BCUT2D eigenvalue weighted by molar-refractivity contribution is 7.99. The molecule has 0 radical (unpaired) electrons. The average molecular weight is 382 g/mol. The molecule has 2 aromatic rings. The number of aliphatic hydroxyl groups is 1. The maximum Gasteiger partial charge on any atom is 0.123 e. The highest BCUT2D eigenvalue weighted by atomic mass is 35.5. The first-order chi connectivity index (χ1) is 12.1. The number of halogens is 2. The molecule has 1 aliphatic heterocycles. The smallest absolute Gasteiger partial charge is 0.123 e. The minimum Gasteiger partial charge on any atom is -0.389 e. The second kappa shape index (κ2) is 9.01. The molecule has 134 valence electrons. The SMILES string of the molecule is O[C@H](CN[C@@H]1CCSc2ccc(F)cc21)COCc1ccccc1Cl. The Bertz CT molecular complexity index is 716. The molecule has 0 spiro atoms. The molecule has 0 saturated carbocycles. The zero-order chi connectivity index (χ0) is 17.6. The Balaban J connectivity index is 1.46. The summed E-state index contributed by atoms with van der Waals surface area (Å²) in [5.41, 5.74) is 1.87. The van der Waals surface area contributed by atoms with Crippen molar-refractivity contribution in [1.29, 1.82) is 0 Å². The lowest BCUT2D eigenvalue weighted by molar-refractivity contribution is 0.0275. The fraction of sp³-hybridized carbons (Fsp3) is 0.368. The lowest BCUT2D eigenvalue weighted by Crippen LogP contribution is -2.34. The summed E-state index contributed by atoms with van der Waals surface area (Å²) in [7, 11) is 0. The molecule has 3 nitrogen and oxygen atoms in total. The Kier molecular flexibility index (Phi) is 6.73. The van der Waals surface area contributed by atoms with Crippen LogP contribution in [0.15, 0.2) is 47.4 Å². The van der Waals surface area contributed by atoms with Gasteiger partial charge in [-0.15, -0.1) is 11.8 Å². The van der Waals surface area contributed by atoms with Gasteiger partial charge in [0.05, 0.1) is 19.3 Å². The van der Waals surface area contributed by atoms with Gasteiger partial charge in [-0.1, -0.05) is 29.8 Å². The third kappa shape index (κ3) is 5.19. The van der Waals surface area contributed by atoms with E-state index in [-0.39, 0.29) is 18.5 Å². The largest absolute Gasteiger partial charge is 0.389 e. The summed E-state index contributed by atoms with van der Waals surface area (Å²) in [6.45, 7) is 0.981. The van der Waals surface area contributed by atoms with E-state index in [1.165, 1.54) is 6.07 Å². The molecule has 0 fully saturated rings. The molecule has 1 heterocycles. The number of aliphatic hydroxyl groups excluding tert-OH is 1. The molecule has 2 atom stereocenters. The summed E-state index contributed by atoms with van der Waals surface area (Å²) in [4.78, 5) is 1.11. The summed E-state index contributed by atoms with van der Waals surface area (Å²) in [5, 5.41) is 14.1. The lowest BCUT2D eigenvalue weighted by Gasteiger charge is -2.27. The first-order valence-electron chi connectivity index (χ1n) is 8.28. The second-order valence-corrected chi connectivity index (χ2v) is 7.58. The van der Waals surface area contributed by atoms with Gasteiger partial charge in [0.1, 0.15) is 5.82 Å². The number of nitrogens with one attached hydrogen (secondary N) is 1. The van der Waals surface area contributed by atoms with Crippen molar-refractivity contribution < 1.29 is 14.2 Å². The van der Waals surface area contributed by atoms with Crippen molar-refractivity contribution in [3.8, 4) is 0 Å². The third-order valence-electron chi connectivity index (χ3n) is 4.14. The van der Waals surface area contributed by atoms with Crippen LogP contribution in [0.25, 0.3) is 0 Å². The van der Waals surface area contributed by atoms with Crippen molar-refractivity contribution in [3.63, 3.8) is 0 Å². The molecule has 1 aliphatic rings. The zero-order valence-corrected chi connectivity index (χ0v) is 15.3. The van der Waals surface area contributed by atoms with Crippen LogP contribution < -0.4 is 5.32 Å². The summed E-state index contributed by atoms with van der Waals surface area (Å²) in [6.07, 6.45) is 0.281. The first-order valence-corrected chi connectivity index (χ1v) is 9.64.